The summed E-state index contributed by atoms with van der Waals surface area (Å²) in [6.07, 6.45) is 2.30. The third-order valence-electron chi connectivity index (χ3n) is 4.45. The summed E-state index contributed by atoms with van der Waals surface area (Å²) in [6.45, 7) is 2.63. The van der Waals surface area contributed by atoms with E-state index in [1.54, 1.807) is 12.1 Å². The quantitative estimate of drug-likeness (QED) is 0.785. The molecule has 3 rings (SSSR count). The summed E-state index contributed by atoms with van der Waals surface area (Å²) < 4.78 is 0. The second-order valence-corrected chi connectivity index (χ2v) is 7.11. The summed E-state index contributed by atoms with van der Waals surface area (Å²) in [5.41, 5.74) is 1.99. The summed E-state index contributed by atoms with van der Waals surface area (Å²) >= 11 is 12.4. The third-order valence-corrected chi connectivity index (χ3v) is 5.08. The second-order valence-electron chi connectivity index (χ2n) is 6.30. The Morgan fingerprint density at radius 1 is 1.25 bits per heavy atom. The van der Waals surface area contributed by atoms with Crippen molar-refractivity contribution in [3.05, 3.63) is 63.1 Å². The Bertz CT molecular complexity index is 772. The normalized spacial score (nSPS) is 15.1. The standard InChI is InChI=1S/C19H19Cl2NO2/c1-11(14-4-2-3-5-16(14)20)13-8-15(18(23)17(21)9-13)19(24)22-10-12-6-7-12/h2-5,8-9,11-12,23H,6-7,10H2,1H3,(H,22,24). The molecule has 1 unspecified atom stereocenters. The molecule has 0 radical (unpaired) electrons. The van der Waals surface area contributed by atoms with Crippen LogP contribution in [-0.2, 0) is 0 Å². The predicted octanol–water partition coefficient (Wildman–Crippen LogP) is 4.99. The molecule has 1 fully saturated rings. The highest BCUT2D eigenvalue weighted by atomic mass is 35.5. The van der Waals surface area contributed by atoms with Crippen molar-refractivity contribution in [1.82, 2.24) is 5.32 Å². The molecule has 24 heavy (non-hydrogen) atoms. The summed E-state index contributed by atoms with van der Waals surface area (Å²) in [4.78, 5) is 12.4. The van der Waals surface area contributed by atoms with Gasteiger partial charge in [0.05, 0.1) is 10.6 Å². The maximum absolute atomic E-state index is 12.4. The van der Waals surface area contributed by atoms with Crippen LogP contribution in [-0.4, -0.2) is 17.6 Å². The van der Waals surface area contributed by atoms with Crippen LogP contribution in [0.3, 0.4) is 0 Å². The zero-order valence-electron chi connectivity index (χ0n) is 13.4. The molecule has 0 heterocycles. The summed E-state index contributed by atoms with van der Waals surface area (Å²) in [5, 5.41) is 13.9. The topological polar surface area (TPSA) is 49.3 Å². The summed E-state index contributed by atoms with van der Waals surface area (Å²) in [5.74, 6) is 0.0400. The van der Waals surface area contributed by atoms with Gasteiger partial charge in [-0.15, -0.1) is 0 Å². The van der Waals surface area contributed by atoms with Gasteiger partial charge >= 0.3 is 0 Å². The van der Waals surface area contributed by atoms with Crippen LogP contribution in [0.4, 0.5) is 0 Å². The first kappa shape index (κ1) is 17.1. The van der Waals surface area contributed by atoms with Gasteiger partial charge in [0.25, 0.3) is 5.91 Å². The van der Waals surface area contributed by atoms with Crippen molar-refractivity contribution < 1.29 is 9.90 Å². The second kappa shape index (κ2) is 7.04. The van der Waals surface area contributed by atoms with Crippen LogP contribution in [0.25, 0.3) is 0 Å². The van der Waals surface area contributed by atoms with Crippen molar-refractivity contribution in [2.75, 3.05) is 6.54 Å². The van der Waals surface area contributed by atoms with E-state index in [9.17, 15) is 9.90 Å². The van der Waals surface area contributed by atoms with Crippen molar-refractivity contribution in [3.8, 4) is 5.75 Å². The molecule has 0 aromatic heterocycles. The van der Waals surface area contributed by atoms with E-state index >= 15 is 0 Å². The fourth-order valence-corrected chi connectivity index (χ4v) is 3.23. The first-order valence-corrected chi connectivity index (χ1v) is 8.78. The maximum Gasteiger partial charge on any atom is 0.255 e. The Morgan fingerprint density at radius 3 is 2.62 bits per heavy atom. The molecular weight excluding hydrogens is 345 g/mol. The third kappa shape index (κ3) is 3.68. The average Bonchev–Trinajstić information content (AvgIpc) is 3.39. The van der Waals surface area contributed by atoms with Gasteiger partial charge in [-0.3, -0.25) is 4.79 Å². The zero-order valence-corrected chi connectivity index (χ0v) is 14.9. The molecule has 1 amide bonds. The molecule has 1 atom stereocenters. The lowest BCUT2D eigenvalue weighted by atomic mass is 9.91. The number of nitrogens with one attached hydrogen (secondary N) is 1. The summed E-state index contributed by atoms with van der Waals surface area (Å²) in [7, 11) is 0. The first-order chi connectivity index (χ1) is 11.5. The number of hydrogen-bond donors (Lipinski definition) is 2. The van der Waals surface area contributed by atoms with E-state index in [4.69, 9.17) is 23.2 Å². The Labute approximate surface area is 151 Å². The molecule has 2 N–H and O–H groups in total. The van der Waals surface area contributed by atoms with Gasteiger partial charge in [-0.1, -0.05) is 48.3 Å². The molecule has 0 spiro atoms. The number of hydrogen-bond acceptors (Lipinski definition) is 2. The van der Waals surface area contributed by atoms with Crippen LogP contribution >= 0.6 is 23.2 Å². The highest BCUT2D eigenvalue weighted by molar-refractivity contribution is 6.33. The Morgan fingerprint density at radius 2 is 1.96 bits per heavy atom. The van der Waals surface area contributed by atoms with Gasteiger partial charge in [0.2, 0.25) is 0 Å². The number of amides is 1. The van der Waals surface area contributed by atoms with Gasteiger partial charge in [-0.05, 0) is 48.1 Å². The highest BCUT2D eigenvalue weighted by Gasteiger charge is 2.24. The van der Waals surface area contributed by atoms with Gasteiger partial charge in [-0.25, -0.2) is 0 Å². The molecule has 3 nitrogen and oxygen atoms in total. The number of carbonyl (C=O) groups is 1. The van der Waals surface area contributed by atoms with Crippen molar-refractivity contribution >= 4 is 29.1 Å². The van der Waals surface area contributed by atoms with E-state index in [1.165, 1.54) is 0 Å². The molecule has 1 saturated carbocycles. The van der Waals surface area contributed by atoms with Crippen LogP contribution in [0.1, 0.15) is 47.2 Å². The molecule has 1 aliphatic rings. The Hall–Kier alpha value is -1.71. The molecule has 0 aliphatic heterocycles. The monoisotopic (exact) mass is 363 g/mol. The number of phenols is 1. The van der Waals surface area contributed by atoms with Crippen LogP contribution in [0.5, 0.6) is 5.75 Å². The van der Waals surface area contributed by atoms with Crippen LogP contribution < -0.4 is 5.32 Å². The van der Waals surface area contributed by atoms with Gasteiger partial charge < -0.3 is 10.4 Å². The fraction of sp³-hybridized carbons (Fsp3) is 0.316. The number of phenolic OH excluding ortho intramolecular Hbond substituents is 1. The minimum Gasteiger partial charge on any atom is -0.506 e. The van der Waals surface area contributed by atoms with E-state index in [1.807, 2.05) is 31.2 Å². The number of benzene rings is 2. The lowest BCUT2D eigenvalue weighted by Gasteiger charge is -2.17. The van der Waals surface area contributed by atoms with E-state index in [0.29, 0.717) is 17.5 Å². The SMILES string of the molecule is CC(c1cc(Cl)c(O)c(C(=O)NCC2CC2)c1)c1ccccc1Cl. The van der Waals surface area contributed by atoms with Crippen LogP contribution in [0, 0.1) is 5.92 Å². The van der Waals surface area contributed by atoms with Crippen LogP contribution in [0.15, 0.2) is 36.4 Å². The molecule has 0 bridgehead atoms. The van der Waals surface area contributed by atoms with E-state index in [2.05, 4.69) is 5.32 Å². The number of carbonyl (C=O) groups excluding carboxylic acids is 1. The van der Waals surface area contributed by atoms with E-state index < -0.39 is 0 Å². The highest BCUT2D eigenvalue weighted by Crippen LogP contribution is 2.36. The number of halogens is 2. The largest absolute Gasteiger partial charge is 0.506 e. The average molecular weight is 364 g/mol. The van der Waals surface area contributed by atoms with Gasteiger partial charge in [0.15, 0.2) is 0 Å². The smallest absolute Gasteiger partial charge is 0.255 e. The lowest BCUT2D eigenvalue weighted by molar-refractivity contribution is 0.0949. The van der Waals surface area contributed by atoms with E-state index in [0.717, 1.165) is 24.0 Å². The molecule has 126 valence electrons. The number of rotatable bonds is 5. The van der Waals surface area contributed by atoms with Gasteiger partial charge in [-0.2, -0.15) is 0 Å². The van der Waals surface area contributed by atoms with Crippen molar-refractivity contribution in [1.29, 1.82) is 0 Å². The first-order valence-electron chi connectivity index (χ1n) is 8.02. The van der Waals surface area contributed by atoms with Gasteiger partial charge in [0.1, 0.15) is 5.75 Å². The molecule has 1 aliphatic carbocycles. The van der Waals surface area contributed by atoms with Crippen molar-refractivity contribution in [2.24, 2.45) is 5.92 Å². The zero-order chi connectivity index (χ0) is 17.3. The van der Waals surface area contributed by atoms with E-state index in [-0.39, 0.29) is 28.2 Å². The lowest BCUT2D eigenvalue weighted by Crippen LogP contribution is -2.25. The molecule has 5 heteroatoms. The predicted molar refractivity (Wildman–Crippen MR) is 97.1 cm³/mol. The molecular formula is C19H19Cl2NO2. The van der Waals surface area contributed by atoms with Gasteiger partial charge in [0, 0.05) is 17.5 Å². The fourth-order valence-electron chi connectivity index (χ4n) is 2.70. The molecule has 2 aromatic carbocycles. The maximum atomic E-state index is 12.4. The van der Waals surface area contributed by atoms with Crippen molar-refractivity contribution in [3.63, 3.8) is 0 Å². The molecule has 0 saturated heterocycles. The minimum atomic E-state index is -0.297. The summed E-state index contributed by atoms with van der Waals surface area (Å²) in [6, 6.07) is 10.9. The Balaban J connectivity index is 1.91. The van der Waals surface area contributed by atoms with Crippen molar-refractivity contribution in [2.45, 2.75) is 25.7 Å². The minimum absolute atomic E-state index is 0.0493. The number of aromatic hydroxyl groups is 1. The Kier molecular flexibility index (Phi) is 5.02. The molecule has 2 aromatic rings. The van der Waals surface area contributed by atoms with Crippen LogP contribution in [0.2, 0.25) is 10.0 Å².